The summed E-state index contributed by atoms with van der Waals surface area (Å²) in [5.41, 5.74) is 0.298. The lowest BCUT2D eigenvalue weighted by Gasteiger charge is -2.42. The van der Waals surface area contributed by atoms with E-state index in [1.807, 2.05) is 19.1 Å². The van der Waals surface area contributed by atoms with Gasteiger partial charge >= 0.3 is 0 Å². The summed E-state index contributed by atoms with van der Waals surface area (Å²) in [4.78, 5) is 8.42. The van der Waals surface area contributed by atoms with E-state index in [0.717, 1.165) is 57.2 Å². The molecule has 3 atom stereocenters. The van der Waals surface area contributed by atoms with Gasteiger partial charge in [0.2, 0.25) is 5.95 Å². The molecule has 0 saturated heterocycles. The second kappa shape index (κ2) is 11.9. The maximum atomic E-state index is 14.5. The minimum absolute atomic E-state index is 0.0500. The first-order valence-corrected chi connectivity index (χ1v) is 13.8. The molecule has 8 heteroatoms. The van der Waals surface area contributed by atoms with Gasteiger partial charge in [-0.05, 0) is 94.2 Å². The fourth-order valence-corrected chi connectivity index (χ4v) is 6.36. The molecule has 1 heterocycles. The Morgan fingerprint density at radius 3 is 2.54 bits per heavy atom. The first-order valence-electron chi connectivity index (χ1n) is 13.8. The maximum Gasteiger partial charge on any atom is 0.225 e. The normalized spacial score (nSPS) is 30.1. The number of nitrogens with zero attached hydrogens (tertiary/aromatic N) is 2. The Balaban J connectivity index is 1.27. The number of hydrogen-bond acceptors (Lipinski definition) is 7. The van der Waals surface area contributed by atoms with E-state index in [-0.39, 0.29) is 17.0 Å². The summed E-state index contributed by atoms with van der Waals surface area (Å²) < 4.78 is 14.5. The molecule has 2 aliphatic rings. The molecule has 0 spiro atoms. The fourth-order valence-electron chi connectivity index (χ4n) is 6.36. The van der Waals surface area contributed by atoms with Crippen molar-refractivity contribution >= 4 is 11.8 Å². The zero-order valence-electron chi connectivity index (χ0n) is 22.6. The molecule has 7 nitrogen and oxygen atoms in total. The van der Waals surface area contributed by atoms with E-state index in [0.29, 0.717) is 36.8 Å². The Morgan fingerprint density at radius 1 is 1.05 bits per heavy atom. The summed E-state index contributed by atoms with van der Waals surface area (Å²) in [7, 11) is 0. The van der Waals surface area contributed by atoms with E-state index in [1.165, 1.54) is 12.6 Å². The third kappa shape index (κ3) is 8.01. The number of aromatic nitrogens is 2. The average molecular weight is 514 g/mol. The van der Waals surface area contributed by atoms with Gasteiger partial charge in [-0.3, -0.25) is 0 Å². The summed E-state index contributed by atoms with van der Waals surface area (Å²) in [5, 5.41) is 30.2. The smallest absolute Gasteiger partial charge is 0.225 e. The number of phenols is 1. The van der Waals surface area contributed by atoms with Crippen molar-refractivity contribution in [3.63, 3.8) is 0 Å². The van der Waals surface area contributed by atoms with Crippen LogP contribution < -0.4 is 16.0 Å². The van der Waals surface area contributed by atoms with Crippen molar-refractivity contribution < 1.29 is 14.6 Å². The SMILES string of the molecule is CC1C[C@@H](CNCC2CCC(C)(O)CC2)C[C@](C)(CNc2nc(NCc3ccccc3O)ncc2F)C1. The number of hydrogen-bond donors (Lipinski definition) is 5. The molecule has 5 N–H and O–H groups in total. The summed E-state index contributed by atoms with van der Waals surface area (Å²) in [6.07, 6.45) is 8.56. The largest absolute Gasteiger partial charge is 0.508 e. The topological polar surface area (TPSA) is 102 Å². The Hall–Kier alpha value is -2.45. The number of aliphatic hydroxyl groups is 1. The lowest BCUT2D eigenvalue weighted by molar-refractivity contribution is 0.00788. The monoisotopic (exact) mass is 513 g/mol. The molecule has 1 aromatic carbocycles. The van der Waals surface area contributed by atoms with Gasteiger partial charge in [-0.25, -0.2) is 9.37 Å². The van der Waals surface area contributed by atoms with Crippen molar-refractivity contribution in [1.82, 2.24) is 15.3 Å². The minimum atomic E-state index is -0.477. The Bertz CT molecular complexity index is 1030. The Kier molecular flexibility index (Phi) is 8.90. The molecule has 0 amide bonds. The second-order valence-electron chi connectivity index (χ2n) is 12.3. The summed E-state index contributed by atoms with van der Waals surface area (Å²) in [5.74, 6) is 2.12. The molecule has 2 fully saturated rings. The summed E-state index contributed by atoms with van der Waals surface area (Å²) in [6.45, 7) is 9.60. The highest BCUT2D eigenvalue weighted by molar-refractivity contribution is 5.42. The Labute approximate surface area is 220 Å². The van der Waals surface area contributed by atoms with Gasteiger partial charge in [0, 0.05) is 18.7 Å². The van der Waals surface area contributed by atoms with E-state index in [1.54, 1.807) is 12.1 Å². The molecule has 1 unspecified atom stereocenters. The van der Waals surface area contributed by atoms with Crippen molar-refractivity contribution in [1.29, 1.82) is 0 Å². The molecular formula is C29H44FN5O2. The van der Waals surface area contributed by atoms with Gasteiger partial charge in [-0.1, -0.05) is 32.0 Å². The van der Waals surface area contributed by atoms with Crippen molar-refractivity contribution in [3.8, 4) is 5.75 Å². The molecule has 0 aliphatic heterocycles. The van der Waals surface area contributed by atoms with Crippen LogP contribution in [0.3, 0.4) is 0 Å². The van der Waals surface area contributed by atoms with Gasteiger partial charge in [0.1, 0.15) is 5.75 Å². The molecular weight excluding hydrogens is 469 g/mol. The van der Waals surface area contributed by atoms with Crippen LogP contribution in [0.5, 0.6) is 5.75 Å². The second-order valence-corrected chi connectivity index (χ2v) is 12.3. The number of halogens is 1. The van der Waals surface area contributed by atoms with E-state index >= 15 is 0 Å². The van der Waals surface area contributed by atoms with Gasteiger partial charge in [-0.2, -0.15) is 4.98 Å². The fraction of sp³-hybridized carbons (Fsp3) is 0.655. The molecule has 2 aliphatic carbocycles. The number of phenolic OH excluding ortho intramolecular Hbond substituents is 1. The lowest BCUT2D eigenvalue weighted by Crippen LogP contribution is -2.40. The Morgan fingerprint density at radius 2 is 1.78 bits per heavy atom. The molecule has 0 radical (unpaired) electrons. The van der Waals surface area contributed by atoms with Gasteiger partial charge in [-0.15, -0.1) is 0 Å². The highest BCUT2D eigenvalue weighted by Crippen LogP contribution is 2.42. The molecule has 2 aromatic rings. The number of aromatic hydroxyl groups is 1. The summed E-state index contributed by atoms with van der Waals surface area (Å²) in [6, 6.07) is 7.07. The predicted molar refractivity (Wildman–Crippen MR) is 146 cm³/mol. The van der Waals surface area contributed by atoms with Crippen LogP contribution in [0.4, 0.5) is 16.2 Å². The summed E-state index contributed by atoms with van der Waals surface area (Å²) >= 11 is 0. The van der Waals surface area contributed by atoms with Crippen LogP contribution in [-0.2, 0) is 6.54 Å². The van der Waals surface area contributed by atoms with E-state index in [9.17, 15) is 14.6 Å². The van der Waals surface area contributed by atoms with Crippen LogP contribution >= 0.6 is 0 Å². The minimum Gasteiger partial charge on any atom is -0.508 e. The van der Waals surface area contributed by atoms with Gasteiger partial charge in [0.15, 0.2) is 11.6 Å². The van der Waals surface area contributed by atoms with Crippen LogP contribution in [0.25, 0.3) is 0 Å². The number of benzene rings is 1. The van der Waals surface area contributed by atoms with Crippen LogP contribution in [0.2, 0.25) is 0 Å². The van der Waals surface area contributed by atoms with Crippen molar-refractivity contribution in [2.45, 2.75) is 77.9 Å². The zero-order chi connectivity index (χ0) is 26.5. The van der Waals surface area contributed by atoms with Crippen molar-refractivity contribution in [2.24, 2.45) is 23.2 Å². The van der Waals surface area contributed by atoms with Crippen LogP contribution in [-0.4, -0.2) is 45.4 Å². The highest BCUT2D eigenvalue weighted by atomic mass is 19.1. The molecule has 0 bridgehead atoms. The maximum absolute atomic E-state index is 14.5. The van der Waals surface area contributed by atoms with Crippen LogP contribution in [0.1, 0.15) is 71.3 Å². The van der Waals surface area contributed by atoms with Gasteiger partial charge in [0.25, 0.3) is 0 Å². The predicted octanol–water partition coefficient (Wildman–Crippen LogP) is 5.32. The van der Waals surface area contributed by atoms with E-state index in [2.05, 4.69) is 39.8 Å². The number of para-hydroxylation sites is 1. The standard InChI is InChI=1S/C29H44FN5O2/c1-20-12-22(16-31-15-21-8-10-29(3,37)11-9-21)14-28(2,13-20)19-34-26-24(30)18-33-27(35-26)32-17-23-6-4-5-7-25(23)36/h4-7,18,20-22,31,36-37H,8-17,19H2,1-3H3,(H2,32,33,34,35)/t20?,21?,22-,28-,29?/m1/s1. The zero-order valence-corrected chi connectivity index (χ0v) is 22.6. The van der Waals surface area contributed by atoms with Gasteiger partial charge < -0.3 is 26.2 Å². The lowest BCUT2D eigenvalue weighted by atomic mass is 9.66. The van der Waals surface area contributed by atoms with Crippen LogP contribution in [0.15, 0.2) is 30.5 Å². The van der Waals surface area contributed by atoms with Crippen molar-refractivity contribution in [2.75, 3.05) is 30.3 Å². The van der Waals surface area contributed by atoms with Gasteiger partial charge in [0.05, 0.1) is 11.8 Å². The number of anilines is 2. The van der Waals surface area contributed by atoms with E-state index < -0.39 is 11.4 Å². The molecule has 204 valence electrons. The number of nitrogens with one attached hydrogen (secondary N) is 3. The first kappa shape index (κ1) is 27.6. The molecule has 37 heavy (non-hydrogen) atoms. The molecule has 1 aromatic heterocycles. The highest BCUT2D eigenvalue weighted by Gasteiger charge is 2.36. The third-order valence-corrected chi connectivity index (χ3v) is 8.26. The molecule has 4 rings (SSSR count). The third-order valence-electron chi connectivity index (χ3n) is 8.26. The quantitative estimate of drug-likeness (QED) is 0.293. The van der Waals surface area contributed by atoms with Crippen molar-refractivity contribution in [3.05, 3.63) is 41.8 Å². The average Bonchev–Trinajstić information content (AvgIpc) is 2.84. The number of rotatable bonds is 10. The molecule has 2 saturated carbocycles. The van der Waals surface area contributed by atoms with E-state index in [4.69, 9.17) is 0 Å². The first-order chi connectivity index (χ1) is 17.6. The van der Waals surface area contributed by atoms with Crippen LogP contribution in [0, 0.1) is 29.0 Å².